The molecule has 0 aromatic heterocycles. The van der Waals surface area contributed by atoms with Gasteiger partial charge in [-0.05, 0) is 48.9 Å². The maximum atomic E-state index is 12.3. The zero-order valence-electron chi connectivity index (χ0n) is 12.5. The third kappa shape index (κ3) is 3.96. The van der Waals surface area contributed by atoms with Gasteiger partial charge in [-0.25, -0.2) is 0 Å². The maximum absolute atomic E-state index is 12.3. The molecule has 4 unspecified atom stereocenters. The summed E-state index contributed by atoms with van der Waals surface area (Å²) in [5.41, 5.74) is 0.137. The molecule has 3 heteroatoms. The lowest BCUT2D eigenvalue weighted by Crippen LogP contribution is -2.44. The van der Waals surface area contributed by atoms with Crippen LogP contribution >= 0.6 is 15.9 Å². The van der Waals surface area contributed by atoms with Crippen LogP contribution < -0.4 is 5.32 Å². The lowest BCUT2D eigenvalue weighted by molar-refractivity contribution is -0.123. The number of fused-ring (bicyclic) bond motifs is 2. The maximum Gasteiger partial charge on any atom is 0.220 e. The van der Waals surface area contributed by atoms with E-state index in [1.807, 2.05) is 0 Å². The van der Waals surface area contributed by atoms with Crippen molar-refractivity contribution < 1.29 is 4.79 Å². The molecule has 2 aliphatic carbocycles. The molecule has 0 aliphatic heterocycles. The van der Waals surface area contributed by atoms with Gasteiger partial charge in [0.05, 0.1) is 0 Å². The second-order valence-electron chi connectivity index (χ2n) is 7.60. The first-order valence-electron chi connectivity index (χ1n) is 7.75. The molecule has 2 saturated carbocycles. The van der Waals surface area contributed by atoms with Crippen molar-refractivity contribution in [3.8, 4) is 0 Å². The third-order valence-electron chi connectivity index (χ3n) is 5.11. The monoisotopic (exact) mass is 329 g/mol. The molecule has 2 fully saturated rings. The van der Waals surface area contributed by atoms with E-state index in [2.05, 4.69) is 42.0 Å². The highest BCUT2D eigenvalue weighted by Crippen LogP contribution is 2.49. The van der Waals surface area contributed by atoms with Gasteiger partial charge in [-0.15, -0.1) is 0 Å². The Kier molecular flexibility index (Phi) is 4.97. The molecule has 4 atom stereocenters. The molecule has 1 amide bonds. The SMILES string of the molecule is CC(C)(C)C(CCBr)NC(=O)CC1CC2CCC1C2. The van der Waals surface area contributed by atoms with E-state index in [0.717, 1.165) is 30.0 Å². The van der Waals surface area contributed by atoms with Crippen LogP contribution in [0, 0.1) is 23.2 Å². The quantitative estimate of drug-likeness (QED) is 0.755. The molecule has 110 valence electrons. The van der Waals surface area contributed by atoms with Crippen LogP contribution in [-0.2, 0) is 4.79 Å². The van der Waals surface area contributed by atoms with E-state index in [1.54, 1.807) is 0 Å². The molecule has 2 bridgehead atoms. The van der Waals surface area contributed by atoms with Crippen LogP contribution in [0.1, 0.15) is 59.3 Å². The molecule has 2 nitrogen and oxygen atoms in total. The van der Waals surface area contributed by atoms with E-state index in [1.165, 1.54) is 25.7 Å². The molecule has 0 radical (unpaired) electrons. The highest BCUT2D eigenvalue weighted by Gasteiger charge is 2.40. The van der Waals surface area contributed by atoms with Gasteiger partial charge in [0, 0.05) is 17.8 Å². The lowest BCUT2D eigenvalue weighted by atomic mass is 9.83. The van der Waals surface area contributed by atoms with Gasteiger partial charge in [0.1, 0.15) is 0 Å². The van der Waals surface area contributed by atoms with Crippen LogP contribution in [0.2, 0.25) is 0 Å². The molecule has 0 heterocycles. The van der Waals surface area contributed by atoms with Crippen LogP contribution in [0.25, 0.3) is 0 Å². The number of rotatable bonds is 5. The van der Waals surface area contributed by atoms with E-state index in [9.17, 15) is 4.79 Å². The minimum atomic E-state index is 0.137. The van der Waals surface area contributed by atoms with E-state index in [-0.39, 0.29) is 17.4 Å². The molecule has 0 aromatic rings. The van der Waals surface area contributed by atoms with Crippen LogP contribution in [0.15, 0.2) is 0 Å². The summed E-state index contributed by atoms with van der Waals surface area (Å²) in [5.74, 6) is 2.73. The van der Waals surface area contributed by atoms with E-state index >= 15 is 0 Å². The summed E-state index contributed by atoms with van der Waals surface area (Å²) in [4.78, 5) is 12.3. The Morgan fingerprint density at radius 2 is 2.05 bits per heavy atom. The molecule has 0 saturated heterocycles. The fraction of sp³-hybridized carbons (Fsp3) is 0.938. The predicted octanol–water partition coefficient (Wildman–Crippen LogP) is 4.13. The fourth-order valence-electron chi connectivity index (χ4n) is 3.95. The van der Waals surface area contributed by atoms with Crippen LogP contribution in [0.4, 0.5) is 0 Å². The first-order valence-corrected chi connectivity index (χ1v) is 8.87. The summed E-state index contributed by atoms with van der Waals surface area (Å²) in [5, 5.41) is 4.22. The Labute approximate surface area is 126 Å². The summed E-state index contributed by atoms with van der Waals surface area (Å²) in [6.07, 6.45) is 7.24. The Bertz CT molecular complexity index is 323. The molecule has 1 N–H and O–H groups in total. The van der Waals surface area contributed by atoms with E-state index < -0.39 is 0 Å². The normalized spacial score (nSPS) is 31.5. The molecular formula is C16H28BrNO. The molecule has 19 heavy (non-hydrogen) atoms. The predicted molar refractivity (Wildman–Crippen MR) is 83.4 cm³/mol. The summed E-state index contributed by atoms with van der Waals surface area (Å²) >= 11 is 3.50. The molecule has 2 rings (SSSR count). The van der Waals surface area contributed by atoms with Gasteiger partial charge in [-0.1, -0.05) is 43.1 Å². The van der Waals surface area contributed by atoms with Gasteiger partial charge in [0.25, 0.3) is 0 Å². The third-order valence-corrected chi connectivity index (χ3v) is 5.57. The van der Waals surface area contributed by atoms with Gasteiger partial charge in [0.2, 0.25) is 5.91 Å². The topological polar surface area (TPSA) is 29.1 Å². The van der Waals surface area contributed by atoms with Crippen molar-refractivity contribution in [3.63, 3.8) is 0 Å². The van der Waals surface area contributed by atoms with Crippen molar-refractivity contribution in [2.24, 2.45) is 23.2 Å². The highest BCUT2D eigenvalue weighted by atomic mass is 79.9. The average molecular weight is 330 g/mol. The van der Waals surface area contributed by atoms with Gasteiger partial charge in [-0.2, -0.15) is 0 Å². The number of alkyl halides is 1. The smallest absolute Gasteiger partial charge is 0.220 e. The second kappa shape index (κ2) is 6.15. The first-order chi connectivity index (χ1) is 8.90. The number of nitrogens with one attached hydrogen (secondary N) is 1. The first kappa shape index (κ1) is 15.3. The zero-order valence-corrected chi connectivity index (χ0v) is 14.1. The molecular weight excluding hydrogens is 302 g/mol. The number of carbonyl (C=O) groups excluding carboxylic acids is 1. The van der Waals surface area contributed by atoms with Crippen molar-refractivity contribution in [1.29, 1.82) is 0 Å². The summed E-state index contributed by atoms with van der Waals surface area (Å²) in [6.45, 7) is 6.62. The number of hydrogen-bond donors (Lipinski definition) is 1. The van der Waals surface area contributed by atoms with E-state index in [4.69, 9.17) is 0 Å². The zero-order chi connectivity index (χ0) is 14.0. The summed E-state index contributed by atoms with van der Waals surface area (Å²) in [7, 11) is 0. The Balaban J connectivity index is 1.82. The van der Waals surface area contributed by atoms with Gasteiger partial charge >= 0.3 is 0 Å². The number of hydrogen-bond acceptors (Lipinski definition) is 1. The number of halogens is 1. The average Bonchev–Trinajstić information content (AvgIpc) is 2.89. The highest BCUT2D eigenvalue weighted by molar-refractivity contribution is 9.09. The Morgan fingerprint density at radius 1 is 1.32 bits per heavy atom. The van der Waals surface area contributed by atoms with Crippen LogP contribution in [0.3, 0.4) is 0 Å². The van der Waals surface area contributed by atoms with Gasteiger partial charge in [0.15, 0.2) is 0 Å². The Morgan fingerprint density at radius 3 is 2.53 bits per heavy atom. The summed E-state index contributed by atoms with van der Waals surface area (Å²) < 4.78 is 0. The van der Waals surface area contributed by atoms with Crippen molar-refractivity contribution in [2.75, 3.05) is 5.33 Å². The molecule has 2 aliphatic rings. The van der Waals surface area contributed by atoms with E-state index in [0.29, 0.717) is 5.92 Å². The fourth-order valence-corrected chi connectivity index (χ4v) is 4.41. The second-order valence-corrected chi connectivity index (χ2v) is 8.40. The minimum absolute atomic E-state index is 0.137. The largest absolute Gasteiger partial charge is 0.353 e. The van der Waals surface area contributed by atoms with Gasteiger partial charge < -0.3 is 5.32 Å². The van der Waals surface area contributed by atoms with Crippen molar-refractivity contribution >= 4 is 21.8 Å². The van der Waals surface area contributed by atoms with Crippen LogP contribution in [-0.4, -0.2) is 17.3 Å². The number of carbonyl (C=O) groups is 1. The minimum Gasteiger partial charge on any atom is -0.353 e. The Hall–Kier alpha value is -0.0500. The lowest BCUT2D eigenvalue weighted by Gasteiger charge is -2.32. The van der Waals surface area contributed by atoms with Crippen LogP contribution in [0.5, 0.6) is 0 Å². The van der Waals surface area contributed by atoms with Crippen molar-refractivity contribution in [2.45, 2.75) is 65.3 Å². The standard InChI is InChI=1S/C16H28BrNO/c1-16(2,3)14(6-7-17)18-15(19)10-13-9-11-4-5-12(13)8-11/h11-14H,4-10H2,1-3H3,(H,18,19). The van der Waals surface area contributed by atoms with Crippen molar-refractivity contribution in [3.05, 3.63) is 0 Å². The molecule has 0 spiro atoms. The van der Waals surface area contributed by atoms with Crippen molar-refractivity contribution in [1.82, 2.24) is 5.32 Å². The number of amides is 1. The summed E-state index contributed by atoms with van der Waals surface area (Å²) in [6, 6.07) is 0.276. The molecule has 0 aromatic carbocycles. The van der Waals surface area contributed by atoms with Gasteiger partial charge in [-0.3, -0.25) is 4.79 Å².